The lowest BCUT2D eigenvalue weighted by Gasteiger charge is -2.20. The van der Waals surface area contributed by atoms with Crippen molar-refractivity contribution >= 4 is 0 Å². The predicted molar refractivity (Wildman–Crippen MR) is 68.9 cm³/mol. The van der Waals surface area contributed by atoms with Crippen LogP contribution >= 0.6 is 0 Å². The fraction of sp³-hybridized carbons (Fsp3) is 0.933. The molecule has 1 aliphatic carbocycles. The summed E-state index contributed by atoms with van der Waals surface area (Å²) in [4.78, 5) is 0. The van der Waals surface area contributed by atoms with Gasteiger partial charge in [-0.1, -0.05) is 65.2 Å². The molecule has 0 bridgehead atoms. The van der Waals surface area contributed by atoms with Gasteiger partial charge in [-0.05, 0) is 31.1 Å². The normalized spacial score (nSPS) is 18.6. The molecule has 0 N–H and O–H groups in total. The molecule has 0 heterocycles. The summed E-state index contributed by atoms with van der Waals surface area (Å²) in [7, 11) is 0. The van der Waals surface area contributed by atoms with Crippen LogP contribution in [0, 0.1) is 11.8 Å². The summed E-state index contributed by atoms with van der Waals surface area (Å²) in [5.41, 5.74) is 0. The van der Waals surface area contributed by atoms with Gasteiger partial charge in [0.15, 0.2) is 0 Å². The van der Waals surface area contributed by atoms with Crippen molar-refractivity contribution in [1.29, 1.82) is 0 Å². The lowest BCUT2D eigenvalue weighted by molar-refractivity contribution is 0.476. The molecule has 89 valence electrons. The van der Waals surface area contributed by atoms with E-state index in [9.17, 15) is 0 Å². The smallest absolute Gasteiger partial charge is 0.0241 e. The van der Waals surface area contributed by atoms with Gasteiger partial charge in [0.2, 0.25) is 0 Å². The molecule has 1 radical (unpaired) electrons. The second-order valence-corrected chi connectivity index (χ2v) is 5.66. The zero-order valence-corrected chi connectivity index (χ0v) is 10.9. The Hall–Kier alpha value is 0. The molecule has 0 aromatic heterocycles. The average Bonchev–Trinajstić information content (AvgIpc) is 2.24. The molecule has 0 spiro atoms. The fourth-order valence-electron chi connectivity index (χ4n) is 2.58. The number of hydrogen-bond donors (Lipinski definition) is 0. The van der Waals surface area contributed by atoms with Gasteiger partial charge in [0.25, 0.3) is 0 Å². The van der Waals surface area contributed by atoms with E-state index in [-0.39, 0.29) is 0 Å². The van der Waals surface area contributed by atoms with Crippen LogP contribution in [-0.2, 0) is 0 Å². The van der Waals surface area contributed by atoms with Gasteiger partial charge in [0.05, 0.1) is 0 Å². The Balaban J connectivity index is 1.83. The Labute approximate surface area is 96.8 Å². The summed E-state index contributed by atoms with van der Waals surface area (Å²) in [5.74, 6) is 2.78. The molecule has 0 heteroatoms. The third-order valence-electron chi connectivity index (χ3n) is 3.62. The first kappa shape index (κ1) is 13.1. The van der Waals surface area contributed by atoms with Crippen molar-refractivity contribution < 1.29 is 0 Å². The van der Waals surface area contributed by atoms with Crippen LogP contribution in [0.15, 0.2) is 0 Å². The van der Waals surface area contributed by atoms with Crippen LogP contribution in [0.1, 0.15) is 84.5 Å². The highest BCUT2D eigenvalue weighted by Crippen LogP contribution is 2.29. The maximum Gasteiger partial charge on any atom is -0.0241 e. The van der Waals surface area contributed by atoms with Gasteiger partial charge in [0.1, 0.15) is 0 Å². The maximum absolute atomic E-state index is 2.33. The minimum absolute atomic E-state index is 0.901. The topological polar surface area (TPSA) is 0 Å². The van der Waals surface area contributed by atoms with Crippen molar-refractivity contribution in [2.75, 3.05) is 0 Å². The van der Waals surface area contributed by atoms with Crippen molar-refractivity contribution in [2.45, 2.75) is 84.5 Å². The number of hydrogen-bond acceptors (Lipinski definition) is 0. The van der Waals surface area contributed by atoms with Crippen LogP contribution in [-0.4, -0.2) is 0 Å². The SMILES string of the molecule is CC(C)CCCCCC[C]1CCCCC1. The number of unbranched alkanes of at least 4 members (excludes halogenated alkanes) is 3. The van der Waals surface area contributed by atoms with Gasteiger partial charge in [0, 0.05) is 0 Å². The molecule has 15 heavy (non-hydrogen) atoms. The maximum atomic E-state index is 2.33. The highest BCUT2D eigenvalue weighted by atomic mass is 14.2. The van der Waals surface area contributed by atoms with Crippen LogP contribution in [0.2, 0.25) is 0 Å². The van der Waals surface area contributed by atoms with Crippen LogP contribution in [0.5, 0.6) is 0 Å². The molecule has 0 aromatic rings. The largest absolute Gasteiger partial charge is 0.0628 e. The van der Waals surface area contributed by atoms with E-state index in [1.54, 1.807) is 0 Å². The summed E-state index contributed by atoms with van der Waals surface area (Å²) in [5, 5.41) is 0. The second kappa shape index (κ2) is 8.19. The van der Waals surface area contributed by atoms with Crippen LogP contribution < -0.4 is 0 Å². The first-order chi connectivity index (χ1) is 7.29. The average molecular weight is 209 g/mol. The molecular weight excluding hydrogens is 180 g/mol. The van der Waals surface area contributed by atoms with E-state index in [0.29, 0.717) is 0 Å². The second-order valence-electron chi connectivity index (χ2n) is 5.66. The number of rotatable bonds is 7. The van der Waals surface area contributed by atoms with Crippen LogP contribution in [0.3, 0.4) is 0 Å². The summed E-state index contributed by atoms with van der Waals surface area (Å²) in [6.45, 7) is 4.66. The first-order valence-electron chi connectivity index (χ1n) is 7.12. The monoisotopic (exact) mass is 209 g/mol. The van der Waals surface area contributed by atoms with E-state index >= 15 is 0 Å². The van der Waals surface area contributed by atoms with Crippen molar-refractivity contribution in [2.24, 2.45) is 5.92 Å². The minimum atomic E-state index is 0.901. The molecule has 1 rings (SSSR count). The minimum Gasteiger partial charge on any atom is -0.0628 e. The Morgan fingerprint density at radius 1 is 0.867 bits per heavy atom. The molecule has 0 aromatic carbocycles. The van der Waals surface area contributed by atoms with Gasteiger partial charge >= 0.3 is 0 Å². The highest BCUT2D eigenvalue weighted by Gasteiger charge is 2.12. The van der Waals surface area contributed by atoms with Gasteiger partial charge in [-0.25, -0.2) is 0 Å². The van der Waals surface area contributed by atoms with Crippen LogP contribution in [0.4, 0.5) is 0 Å². The molecule has 1 aliphatic rings. The Morgan fingerprint density at radius 2 is 1.53 bits per heavy atom. The molecule has 0 unspecified atom stereocenters. The van der Waals surface area contributed by atoms with Gasteiger partial charge < -0.3 is 0 Å². The predicted octanol–water partition coefficient (Wildman–Crippen LogP) is 5.52. The molecule has 0 atom stereocenters. The summed E-state index contributed by atoms with van der Waals surface area (Å²) < 4.78 is 0. The zero-order valence-electron chi connectivity index (χ0n) is 10.9. The standard InChI is InChI=1S/C15H29/c1-14(2)10-6-3-4-7-11-15-12-8-5-9-13-15/h14H,3-13H2,1-2H3. The van der Waals surface area contributed by atoms with E-state index in [1.165, 1.54) is 70.6 Å². The summed E-state index contributed by atoms with van der Waals surface area (Å²) in [6, 6.07) is 0. The first-order valence-corrected chi connectivity index (χ1v) is 7.12. The third-order valence-corrected chi connectivity index (χ3v) is 3.62. The third kappa shape index (κ3) is 6.98. The van der Waals surface area contributed by atoms with Crippen molar-refractivity contribution in [3.63, 3.8) is 0 Å². The lowest BCUT2D eigenvalue weighted by Crippen LogP contribution is -2.03. The fourth-order valence-corrected chi connectivity index (χ4v) is 2.58. The Bertz CT molecular complexity index is 131. The van der Waals surface area contributed by atoms with Crippen LogP contribution in [0.25, 0.3) is 0 Å². The molecule has 1 fully saturated rings. The van der Waals surface area contributed by atoms with Crippen molar-refractivity contribution in [1.82, 2.24) is 0 Å². The quantitative estimate of drug-likeness (QED) is 0.484. The Kier molecular flexibility index (Phi) is 7.13. The lowest BCUT2D eigenvalue weighted by atomic mass is 9.85. The highest BCUT2D eigenvalue weighted by molar-refractivity contribution is 4.91. The molecule has 0 saturated heterocycles. The zero-order chi connectivity index (χ0) is 10.9. The van der Waals surface area contributed by atoms with E-state index in [2.05, 4.69) is 13.8 Å². The van der Waals surface area contributed by atoms with E-state index < -0.39 is 0 Å². The molecule has 0 nitrogen and oxygen atoms in total. The van der Waals surface area contributed by atoms with Crippen molar-refractivity contribution in [3.05, 3.63) is 5.92 Å². The summed E-state index contributed by atoms with van der Waals surface area (Å²) >= 11 is 0. The van der Waals surface area contributed by atoms with Gasteiger partial charge in [-0.2, -0.15) is 0 Å². The van der Waals surface area contributed by atoms with E-state index in [1.807, 2.05) is 5.92 Å². The molecule has 0 aliphatic heterocycles. The van der Waals surface area contributed by atoms with E-state index in [4.69, 9.17) is 0 Å². The Morgan fingerprint density at radius 3 is 2.20 bits per heavy atom. The van der Waals surface area contributed by atoms with Crippen molar-refractivity contribution in [3.8, 4) is 0 Å². The summed E-state index contributed by atoms with van der Waals surface area (Å²) in [6.07, 6.45) is 16.1. The van der Waals surface area contributed by atoms with Gasteiger partial charge in [-0.15, -0.1) is 0 Å². The molecular formula is C15H29. The molecule has 1 saturated carbocycles. The molecule has 0 amide bonds. The van der Waals surface area contributed by atoms with Gasteiger partial charge in [-0.3, -0.25) is 0 Å². The van der Waals surface area contributed by atoms with E-state index in [0.717, 1.165) is 5.92 Å².